The molecule has 4 nitrogen and oxygen atoms in total. The first-order valence-electron chi connectivity index (χ1n) is 6.67. The highest BCUT2D eigenvalue weighted by molar-refractivity contribution is 7.12. The summed E-state index contributed by atoms with van der Waals surface area (Å²) in [5, 5.41) is 9.48. The van der Waals surface area contributed by atoms with Crippen LogP contribution < -0.4 is 4.74 Å². The topological polar surface area (TPSA) is 59.4 Å². The molecule has 0 spiro atoms. The third-order valence-corrected chi connectivity index (χ3v) is 4.02. The van der Waals surface area contributed by atoms with Crippen molar-refractivity contribution in [2.75, 3.05) is 0 Å². The fourth-order valence-corrected chi connectivity index (χ4v) is 2.71. The number of carbonyl (C=O) groups is 1. The summed E-state index contributed by atoms with van der Waals surface area (Å²) in [6, 6.07) is 7.98. The fourth-order valence-electron chi connectivity index (χ4n) is 1.83. The van der Waals surface area contributed by atoms with Crippen LogP contribution in [0.1, 0.15) is 28.1 Å². The predicted octanol–water partition coefficient (Wildman–Crippen LogP) is 3.69. The van der Waals surface area contributed by atoms with Crippen molar-refractivity contribution in [1.82, 2.24) is 4.98 Å². The molecule has 1 heterocycles. The summed E-state index contributed by atoms with van der Waals surface area (Å²) >= 11 is 1.44. The van der Waals surface area contributed by atoms with E-state index < -0.39 is 5.97 Å². The van der Waals surface area contributed by atoms with Gasteiger partial charge in [0.25, 0.3) is 0 Å². The predicted molar refractivity (Wildman–Crippen MR) is 83.7 cm³/mol. The van der Waals surface area contributed by atoms with Gasteiger partial charge in [0.2, 0.25) is 0 Å². The molecule has 0 saturated carbocycles. The van der Waals surface area contributed by atoms with Crippen molar-refractivity contribution < 1.29 is 14.6 Å². The lowest BCUT2D eigenvalue weighted by Crippen LogP contribution is -1.95. The van der Waals surface area contributed by atoms with Crippen molar-refractivity contribution in [3.8, 4) is 5.75 Å². The van der Waals surface area contributed by atoms with Crippen LogP contribution in [0.15, 0.2) is 30.3 Å². The lowest BCUT2D eigenvalue weighted by atomic mass is 10.2. The molecule has 1 N–H and O–H groups in total. The first-order chi connectivity index (χ1) is 10.1. The Morgan fingerprint density at radius 1 is 1.48 bits per heavy atom. The largest absolute Gasteiger partial charge is 0.486 e. The third-order valence-electron chi connectivity index (χ3n) is 2.92. The van der Waals surface area contributed by atoms with Gasteiger partial charge in [-0.2, -0.15) is 0 Å². The number of hydrogen-bond donors (Lipinski definition) is 1. The van der Waals surface area contributed by atoms with Crippen molar-refractivity contribution in [1.29, 1.82) is 0 Å². The zero-order valence-electron chi connectivity index (χ0n) is 12.0. The van der Waals surface area contributed by atoms with E-state index in [0.717, 1.165) is 33.8 Å². The monoisotopic (exact) mass is 303 g/mol. The number of benzene rings is 1. The highest BCUT2D eigenvalue weighted by Gasteiger charge is 2.06. The summed E-state index contributed by atoms with van der Waals surface area (Å²) in [6.07, 6.45) is 3.66. The zero-order chi connectivity index (χ0) is 15.2. The highest BCUT2D eigenvalue weighted by Crippen LogP contribution is 2.22. The molecule has 0 amide bonds. The number of aryl methyl sites for hydroxylation is 2. The Kier molecular flexibility index (Phi) is 5.11. The number of aliphatic carboxylic acids is 1. The van der Waals surface area contributed by atoms with E-state index in [1.807, 2.05) is 25.1 Å². The fraction of sp³-hybridized carbons (Fsp3) is 0.250. The van der Waals surface area contributed by atoms with Crippen LogP contribution in [0.2, 0.25) is 0 Å². The van der Waals surface area contributed by atoms with Gasteiger partial charge in [-0.3, -0.25) is 0 Å². The molecule has 1 aromatic heterocycles. The molecule has 0 unspecified atom stereocenters. The van der Waals surface area contributed by atoms with Gasteiger partial charge in [-0.05, 0) is 37.1 Å². The number of aromatic nitrogens is 1. The van der Waals surface area contributed by atoms with Crippen molar-refractivity contribution in [2.45, 2.75) is 26.9 Å². The highest BCUT2D eigenvalue weighted by atomic mass is 32.1. The summed E-state index contributed by atoms with van der Waals surface area (Å²) in [7, 11) is 0. The van der Waals surface area contributed by atoms with E-state index in [1.54, 1.807) is 6.08 Å². The van der Waals surface area contributed by atoms with Crippen molar-refractivity contribution in [3.05, 3.63) is 51.5 Å². The van der Waals surface area contributed by atoms with Gasteiger partial charge in [0.05, 0.1) is 10.6 Å². The Labute approximate surface area is 127 Å². The maximum atomic E-state index is 10.5. The smallest absolute Gasteiger partial charge is 0.328 e. The van der Waals surface area contributed by atoms with Gasteiger partial charge < -0.3 is 9.84 Å². The van der Waals surface area contributed by atoms with Crippen LogP contribution in [0.25, 0.3) is 6.08 Å². The number of rotatable bonds is 6. The number of ether oxygens (including phenoxy) is 1. The molecule has 0 aliphatic carbocycles. The summed E-state index contributed by atoms with van der Waals surface area (Å²) in [4.78, 5) is 15.8. The number of hydrogen-bond acceptors (Lipinski definition) is 4. The number of thiazole rings is 1. The van der Waals surface area contributed by atoms with Gasteiger partial charge in [-0.15, -0.1) is 11.3 Å². The van der Waals surface area contributed by atoms with E-state index in [0.29, 0.717) is 6.61 Å². The van der Waals surface area contributed by atoms with Gasteiger partial charge in [-0.25, -0.2) is 9.78 Å². The molecular weight excluding hydrogens is 286 g/mol. The number of nitrogens with zero attached hydrogens (tertiary/aromatic N) is 1. The molecule has 0 saturated heterocycles. The second-order valence-corrected chi connectivity index (χ2v) is 5.63. The van der Waals surface area contributed by atoms with Crippen LogP contribution in [-0.2, 0) is 17.8 Å². The quantitative estimate of drug-likeness (QED) is 0.827. The number of carboxylic acids is 1. The first-order valence-corrected chi connectivity index (χ1v) is 7.49. The Morgan fingerprint density at radius 3 is 3.00 bits per heavy atom. The van der Waals surface area contributed by atoms with E-state index in [1.165, 1.54) is 16.9 Å². The van der Waals surface area contributed by atoms with Crippen molar-refractivity contribution >= 4 is 23.4 Å². The van der Waals surface area contributed by atoms with Gasteiger partial charge in [-0.1, -0.05) is 19.1 Å². The molecule has 21 heavy (non-hydrogen) atoms. The molecule has 0 fully saturated rings. The molecule has 5 heteroatoms. The maximum absolute atomic E-state index is 10.5. The second kappa shape index (κ2) is 7.04. The summed E-state index contributed by atoms with van der Waals surface area (Å²) in [5.41, 5.74) is 2.05. The number of carboxylic acid groups (broad SMARTS) is 1. The van der Waals surface area contributed by atoms with Crippen LogP contribution in [0, 0.1) is 6.92 Å². The minimum atomic E-state index is -0.961. The Balaban J connectivity index is 2.03. The second-order valence-electron chi connectivity index (χ2n) is 4.52. The molecule has 110 valence electrons. The van der Waals surface area contributed by atoms with Crippen LogP contribution in [0.5, 0.6) is 5.75 Å². The minimum absolute atomic E-state index is 0.388. The van der Waals surface area contributed by atoms with E-state index in [-0.39, 0.29) is 0 Å². The third kappa shape index (κ3) is 4.43. The van der Waals surface area contributed by atoms with E-state index in [4.69, 9.17) is 9.84 Å². The molecule has 1 aromatic carbocycles. The minimum Gasteiger partial charge on any atom is -0.486 e. The van der Waals surface area contributed by atoms with Crippen molar-refractivity contribution in [2.24, 2.45) is 0 Å². The zero-order valence-corrected chi connectivity index (χ0v) is 12.8. The van der Waals surface area contributed by atoms with Crippen molar-refractivity contribution in [3.63, 3.8) is 0 Å². The average molecular weight is 303 g/mol. The van der Waals surface area contributed by atoms with E-state index >= 15 is 0 Å². The van der Waals surface area contributed by atoms with E-state index in [9.17, 15) is 4.79 Å². The SMILES string of the molecule is CCc1cccc(OCc2nc(C)c(/C=C/C(=O)O)s2)c1. The van der Waals surface area contributed by atoms with Gasteiger partial charge in [0.15, 0.2) is 0 Å². The normalized spacial score (nSPS) is 11.0. The van der Waals surface area contributed by atoms with Crippen LogP contribution in [0.4, 0.5) is 0 Å². The van der Waals surface area contributed by atoms with Gasteiger partial charge >= 0.3 is 5.97 Å². The Hall–Kier alpha value is -2.14. The maximum Gasteiger partial charge on any atom is 0.328 e. The van der Waals surface area contributed by atoms with Gasteiger partial charge in [0.1, 0.15) is 17.4 Å². The standard InChI is InChI=1S/C16H17NO3S/c1-3-12-5-4-6-13(9-12)20-10-15-17-11(2)14(21-15)7-8-16(18)19/h4-9H,3,10H2,1-2H3,(H,18,19)/b8-7+. The Bertz CT molecular complexity index is 661. The van der Waals surface area contributed by atoms with Gasteiger partial charge in [0, 0.05) is 6.08 Å². The van der Waals surface area contributed by atoms with Crippen LogP contribution in [0.3, 0.4) is 0 Å². The Morgan fingerprint density at radius 2 is 2.29 bits per heavy atom. The summed E-state index contributed by atoms with van der Waals surface area (Å²) in [5.74, 6) is -0.137. The molecule has 0 aliphatic rings. The molecule has 2 aromatic rings. The summed E-state index contributed by atoms with van der Waals surface area (Å²) < 4.78 is 5.74. The lowest BCUT2D eigenvalue weighted by molar-refractivity contribution is -0.131. The molecule has 0 atom stereocenters. The lowest BCUT2D eigenvalue weighted by Gasteiger charge is -2.05. The van der Waals surface area contributed by atoms with Crippen LogP contribution >= 0.6 is 11.3 Å². The average Bonchev–Trinajstić information content (AvgIpc) is 2.83. The molecule has 0 aliphatic heterocycles. The summed E-state index contributed by atoms with van der Waals surface area (Å²) in [6.45, 7) is 4.35. The molecule has 0 bridgehead atoms. The first kappa shape index (κ1) is 15.3. The molecule has 0 radical (unpaired) electrons. The van der Waals surface area contributed by atoms with Crippen LogP contribution in [-0.4, -0.2) is 16.1 Å². The molecule has 2 rings (SSSR count). The molecular formula is C16H17NO3S. The van der Waals surface area contributed by atoms with E-state index in [2.05, 4.69) is 18.0 Å².